The fraction of sp³-hybridized carbons (Fsp3) is 0.357. The maximum absolute atomic E-state index is 11.6. The van der Waals surface area contributed by atoms with E-state index in [9.17, 15) is 4.79 Å². The van der Waals surface area contributed by atoms with Gasteiger partial charge in [0.1, 0.15) is 0 Å². The van der Waals surface area contributed by atoms with Crippen LogP contribution in [0.5, 0.6) is 0 Å². The number of rotatable bonds is 5. The van der Waals surface area contributed by atoms with Crippen LogP contribution in [0, 0.1) is 0 Å². The number of carbonyl (C=O) groups excluding carboxylic acids is 1. The van der Waals surface area contributed by atoms with Crippen LogP contribution in [-0.4, -0.2) is 17.9 Å². The molecule has 86 valence electrons. The van der Waals surface area contributed by atoms with Crippen molar-refractivity contribution in [2.75, 3.05) is 7.05 Å². The Morgan fingerprint density at radius 3 is 2.50 bits per heavy atom. The number of carbonyl (C=O) groups is 1. The second-order valence-corrected chi connectivity index (χ2v) is 3.95. The molecule has 16 heavy (non-hydrogen) atoms. The van der Waals surface area contributed by atoms with Crippen molar-refractivity contribution in [3.05, 3.63) is 42.0 Å². The summed E-state index contributed by atoms with van der Waals surface area (Å²) in [5, 5.41) is 0. The summed E-state index contributed by atoms with van der Waals surface area (Å²) in [6.07, 6.45) is 3.34. The highest BCUT2D eigenvalue weighted by atomic mass is 16.2. The second kappa shape index (κ2) is 6.11. The van der Waals surface area contributed by atoms with Gasteiger partial charge < -0.3 is 4.90 Å². The zero-order valence-corrected chi connectivity index (χ0v) is 10.1. The Bertz CT molecular complexity index is 354. The maximum Gasteiger partial charge on any atom is 0.222 e. The molecule has 1 amide bonds. The Balaban J connectivity index is 2.58. The van der Waals surface area contributed by atoms with E-state index in [1.54, 1.807) is 4.90 Å². The standard InChI is InChI=1S/C14H19NO/c1-4-6-14(16)15(3)11-13-9-7-12(5-2)8-10-13/h5,7-10H,2,4,6,11H2,1,3H3. The third kappa shape index (κ3) is 3.54. The number of hydrogen-bond donors (Lipinski definition) is 0. The molecule has 1 aromatic carbocycles. The van der Waals surface area contributed by atoms with E-state index in [1.165, 1.54) is 0 Å². The summed E-state index contributed by atoms with van der Waals surface area (Å²) in [6, 6.07) is 8.10. The van der Waals surface area contributed by atoms with Crippen molar-refractivity contribution < 1.29 is 4.79 Å². The number of nitrogens with zero attached hydrogens (tertiary/aromatic N) is 1. The molecule has 0 aliphatic heterocycles. The van der Waals surface area contributed by atoms with Gasteiger partial charge in [-0.1, -0.05) is 43.8 Å². The number of benzene rings is 1. The fourth-order valence-electron chi connectivity index (χ4n) is 1.53. The van der Waals surface area contributed by atoms with Crippen LogP contribution in [0.1, 0.15) is 30.9 Å². The topological polar surface area (TPSA) is 20.3 Å². The highest BCUT2D eigenvalue weighted by Crippen LogP contribution is 2.08. The monoisotopic (exact) mass is 217 g/mol. The van der Waals surface area contributed by atoms with Gasteiger partial charge in [0.25, 0.3) is 0 Å². The van der Waals surface area contributed by atoms with Gasteiger partial charge in [0, 0.05) is 20.0 Å². The molecule has 1 aromatic rings. The van der Waals surface area contributed by atoms with Crippen LogP contribution in [0.15, 0.2) is 30.8 Å². The molecule has 0 spiro atoms. The van der Waals surface area contributed by atoms with Gasteiger partial charge in [-0.25, -0.2) is 0 Å². The minimum Gasteiger partial charge on any atom is -0.341 e. The normalized spacial score (nSPS) is 9.88. The summed E-state index contributed by atoms with van der Waals surface area (Å²) in [6.45, 7) is 6.40. The molecule has 0 radical (unpaired) electrons. The predicted octanol–water partition coefficient (Wildman–Crippen LogP) is 3.09. The number of hydrogen-bond acceptors (Lipinski definition) is 1. The van der Waals surface area contributed by atoms with Gasteiger partial charge in [-0.05, 0) is 17.5 Å². The highest BCUT2D eigenvalue weighted by Gasteiger charge is 2.07. The van der Waals surface area contributed by atoms with Gasteiger partial charge in [0.2, 0.25) is 5.91 Å². The fourth-order valence-corrected chi connectivity index (χ4v) is 1.53. The molecule has 0 bridgehead atoms. The minimum atomic E-state index is 0.204. The lowest BCUT2D eigenvalue weighted by molar-refractivity contribution is -0.130. The van der Waals surface area contributed by atoms with E-state index < -0.39 is 0 Å². The van der Waals surface area contributed by atoms with Crippen molar-refractivity contribution in [2.24, 2.45) is 0 Å². The molecule has 2 heteroatoms. The quantitative estimate of drug-likeness (QED) is 0.742. The average molecular weight is 217 g/mol. The molecule has 0 fully saturated rings. The van der Waals surface area contributed by atoms with E-state index in [-0.39, 0.29) is 5.91 Å². The third-order valence-electron chi connectivity index (χ3n) is 2.52. The van der Waals surface area contributed by atoms with E-state index in [1.807, 2.05) is 44.3 Å². The van der Waals surface area contributed by atoms with E-state index >= 15 is 0 Å². The smallest absolute Gasteiger partial charge is 0.222 e. The third-order valence-corrected chi connectivity index (χ3v) is 2.52. The van der Waals surface area contributed by atoms with E-state index in [0.717, 1.165) is 17.5 Å². The molecule has 0 saturated heterocycles. The molecule has 0 aliphatic carbocycles. The lowest BCUT2D eigenvalue weighted by atomic mass is 10.1. The predicted molar refractivity (Wildman–Crippen MR) is 67.9 cm³/mol. The number of amides is 1. The summed E-state index contributed by atoms with van der Waals surface area (Å²) in [5.74, 6) is 0.204. The Morgan fingerprint density at radius 2 is 2.00 bits per heavy atom. The van der Waals surface area contributed by atoms with Crippen LogP contribution in [0.2, 0.25) is 0 Å². The largest absolute Gasteiger partial charge is 0.341 e. The molecular weight excluding hydrogens is 198 g/mol. The second-order valence-electron chi connectivity index (χ2n) is 3.95. The Labute approximate surface area is 97.6 Å². The van der Waals surface area contributed by atoms with Gasteiger partial charge in [-0.2, -0.15) is 0 Å². The Morgan fingerprint density at radius 1 is 1.38 bits per heavy atom. The van der Waals surface area contributed by atoms with Gasteiger partial charge in [0.15, 0.2) is 0 Å². The highest BCUT2D eigenvalue weighted by molar-refractivity contribution is 5.75. The van der Waals surface area contributed by atoms with Gasteiger partial charge in [-0.3, -0.25) is 4.79 Å². The molecule has 0 heterocycles. The lowest BCUT2D eigenvalue weighted by Gasteiger charge is -2.16. The molecule has 2 nitrogen and oxygen atoms in total. The maximum atomic E-state index is 11.6. The molecule has 0 unspecified atom stereocenters. The van der Waals surface area contributed by atoms with Crippen LogP contribution in [-0.2, 0) is 11.3 Å². The van der Waals surface area contributed by atoms with Crippen molar-refractivity contribution in [1.82, 2.24) is 4.90 Å². The molecule has 0 aromatic heterocycles. The van der Waals surface area contributed by atoms with Crippen molar-refractivity contribution in [3.8, 4) is 0 Å². The van der Waals surface area contributed by atoms with Crippen LogP contribution in [0.4, 0.5) is 0 Å². The molecule has 0 saturated carbocycles. The van der Waals surface area contributed by atoms with E-state index in [4.69, 9.17) is 0 Å². The first kappa shape index (κ1) is 12.5. The summed E-state index contributed by atoms with van der Waals surface area (Å²) in [7, 11) is 1.85. The van der Waals surface area contributed by atoms with Crippen molar-refractivity contribution in [1.29, 1.82) is 0 Å². The van der Waals surface area contributed by atoms with Crippen LogP contribution < -0.4 is 0 Å². The molecule has 1 rings (SSSR count). The van der Waals surface area contributed by atoms with Crippen LogP contribution in [0.3, 0.4) is 0 Å². The first-order valence-electron chi connectivity index (χ1n) is 5.62. The van der Waals surface area contributed by atoms with Crippen molar-refractivity contribution in [2.45, 2.75) is 26.3 Å². The van der Waals surface area contributed by atoms with Crippen molar-refractivity contribution in [3.63, 3.8) is 0 Å². The molecule has 0 atom stereocenters. The summed E-state index contributed by atoms with van der Waals surface area (Å²) < 4.78 is 0. The van der Waals surface area contributed by atoms with Crippen LogP contribution >= 0.6 is 0 Å². The average Bonchev–Trinajstić information content (AvgIpc) is 2.30. The first-order chi connectivity index (χ1) is 7.67. The van der Waals surface area contributed by atoms with E-state index in [0.29, 0.717) is 13.0 Å². The Hall–Kier alpha value is -1.57. The molecule has 0 aliphatic rings. The zero-order chi connectivity index (χ0) is 12.0. The molecular formula is C14H19NO. The summed E-state index contributed by atoms with van der Waals surface area (Å²) in [5.41, 5.74) is 2.25. The lowest BCUT2D eigenvalue weighted by Crippen LogP contribution is -2.25. The van der Waals surface area contributed by atoms with Gasteiger partial charge in [0.05, 0.1) is 0 Å². The molecule has 0 N–H and O–H groups in total. The zero-order valence-electron chi connectivity index (χ0n) is 10.1. The minimum absolute atomic E-state index is 0.204. The van der Waals surface area contributed by atoms with Crippen LogP contribution in [0.25, 0.3) is 6.08 Å². The summed E-state index contributed by atoms with van der Waals surface area (Å²) in [4.78, 5) is 13.4. The SMILES string of the molecule is C=Cc1ccc(CN(C)C(=O)CCC)cc1. The van der Waals surface area contributed by atoms with E-state index in [2.05, 4.69) is 6.58 Å². The van der Waals surface area contributed by atoms with Gasteiger partial charge in [-0.15, -0.1) is 0 Å². The summed E-state index contributed by atoms with van der Waals surface area (Å²) >= 11 is 0. The Kier molecular flexibility index (Phi) is 4.77. The van der Waals surface area contributed by atoms with Crippen molar-refractivity contribution >= 4 is 12.0 Å². The van der Waals surface area contributed by atoms with Gasteiger partial charge >= 0.3 is 0 Å². The first-order valence-corrected chi connectivity index (χ1v) is 5.62.